The summed E-state index contributed by atoms with van der Waals surface area (Å²) in [6, 6.07) is 18.9. The average Bonchev–Trinajstić information content (AvgIpc) is 2.67. The standard InChI is InChI=1S/C22H31NO2S/c1-23(17-19-9-5-3-6-10-19)18-22(26(24)15-7-4-8-16-26)20-11-13-21(25-2)14-12-20/h3,5-6,9-14,22,24H,4,7-8,15-18H2,1-2H3. The van der Waals surface area contributed by atoms with Crippen LogP contribution >= 0.6 is 10.3 Å². The number of hydrogen-bond acceptors (Lipinski definition) is 3. The number of hydrogen-bond donors (Lipinski definition) is 1. The van der Waals surface area contributed by atoms with Crippen LogP contribution < -0.4 is 4.74 Å². The van der Waals surface area contributed by atoms with E-state index in [2.05, 4.69) is 54.4 Å². The van der Waals surface area contributed by atoms with Crippen LogP contribution in [0.15, 0.2) is 54.6 Å². The third kappa shape index (κ3) is 4.81. The number of ether oxygens (including phenoxy) is 1. The van der Waals surface area contributed by atoms with Crippen molar-refractivity contribution < 1.29 is 9.29 Å². The van der Waals surface area contributed by atoms with E-state index in [9.17, 15) is 4.55 Å². The van der Waals surface area contributed by atoms with Crippen molar-refractivity contribution in [3.63, 3.8) is 0 Å². The summed E-state index contributed by atoms with van der Waals surface area (Å²) in [5, 5.41) is 0.197. The molecule has 1 aliphatic heterocycles. The second kappa shape index (κ2) is 8.94. The predicted octanol–water partition coefficient (Wildman–Crippen LogP) is 5.33. The fraction of sp³-hybridized carbons (Fsp3) is 0.455. The van der Waals surface area contributed by atoms with Gasteiger partial charge >= 0.3 is 0 Å². The zero-order valence-corrected chi connectivity index (χ0v) is 16.8. The average molecular weight is 374 g/mol. The number of likely N-dealkylation sites (N-methyl/N-ethyl adjacent to an activating group) is 1. The maximum Gasteiger partial charge on any atom is 0.118 e. The lowest BCUT2D eigenvalue weighted by atomic mass is 10.1. The Morgan fingerprint density at radius 2 is 1.65 bits per heavy atom. The molecule has 3 nitrogen and oxygen atoms in total. The molecule has 3 rings (SSSR count). The lowest BCUT2D eigenvalue weighted by Gasteiger charge is -2.45. The molecule has 2 aromatic carbocycles. The molecule has 0 spiro atoms. The number of rotatable bonds is 7. The van der Waals surface area contributed by atoms with Crippen LogP contribution in [0.1, 0.15) is 35.6 Å². The minimum absolute atomic E-state index is 0.197. The molecule has 0 bridgehead atoms. The van der Waals surface area contributed by atoms with E-state index in [1.165, 1.54) is 17.5 Å². The van der Waals surface area contributed by atoms with Crippen molar-refractivity contribution in [2.45, 2.75) is 31.1 Å². The molecule has 1 saturated heterocycles. The maximum absolute atomic E-state index is 11.6. The fourth-order valence-electron chi connectivity index (χ4n) is 3.83. The summed E-state index contributed by atoms with van der Waals surface area (Å²) in [7, 11) is 2.23. The SMILES string of the molecule is COc1ccc(C(CN(C)Cc2ccccc2)S2(O)CCCCC2)cc1. The lowest BCUT2D eigenvalue weighted by molar-refractivity contribution is 0.323. The molecule has 0 amide bonds. The first-order valence-corrected chi connectivity index (χ1v) is 11.5. The Morgan fingerprint density at radius 3 is 2.27 bits per heavy atom. The first-order valence-electron chi connectivity index (χ1n) is 9.47. The Kier molecular flexibility index (Phi) is 6.63. The third-order valence-corrected chi connectivity index (χ3v) is 8.76. The van der Waals surface area contributed by atoms with Crippen molar-refractivity contribution in [3.8, 4) is 5.75 Å². The lowest BCUT2D eigenvalue weighted by Crippen LogP contribution is -2.31. The van der Waals surface area contributed by atoms with E-state index in [1.54, 1.807) is 7.11 Å². The van der Waals surface area contributed by atoms with Gasteiger partial charge in [-0.25, -0.2) is 0 Å². The summed E-state index contributed by atoms with van der Waals surface area (Å²) in [6.45, 7) is 1.79. The van der Waals surface area contributed by atoms with E-state index in [0.717, 1.165) is 43.2 Å². The number of benzene rings is 2. The van der Waals surface area contributed by atoms with Gasteiger partial charge in [-0.2, -0.15) is 0 Å². The number of methoxy groups -OCH3 is 1. The van der Waals surface area contributed by atoms with Crippen molar-refractivity contribution in [1.82, 2.24) is 4.90 Å². The van der Waals surface area contributed by atoms with Gasteiger partial charge in [0.05, 0.1) is 7.11 Å². The van der Waals surface area contributed by atoms with E-state index in [-0.39, 0.29) is 5.25 Å². The van der Waals surface area contributed by atoms with Crippen LogP contribution in [0.4, 0.5) is 0 Å². The normalized spacial score (nSPS) is 19.1. The van der Waals surface area contributed by atoms with Gasteiger partial charge < -0.3 is 14.2 Å². The molecule has 0 aliphatic carbocycles. The van der Waals surface area contributed by atoms with Gasteiger partial charge in [-0.3, -0.25) is 0 Å². The van der Waals surface area contributed by atoms with Gasteiger partial charge in [0.1, 0.15) is 5.75 Å². The Hall–Kier alpha value is -1.49. The van der Waals surface area contributed by atoms with E-state index >= 15 is 0 Å². The summed E-state index contributed by atoms with van der Waals surface area (Å²) in [4.78, 5) is 2.35. The van der Waals surface area contributed by atoms with Gasteiger partial charge in [-0.05, 0) is 54.7 Å². The molecule has 1 heterocycles. The van der Waals surface area contributed by atoms with Crippen LogP contribution in [0.3, 0.4) is 0 Å². The predicted molar refractivity (Wildman–Crippen MR) is 112 cm³/mol. The zero-order chi connectivity index (χ0) is 18.4. The maximum atomic E-state index is 11.6. The van der Waals surface area contributed by atoms with Crippen molar-refractivity contribution in [1.29, 1.82) is 0 Å². The van der Waals surface area contributed by atoms with Crippen molar-refractivity contribution >= 4 is 10.3 Å². The molecular formula is C22H31NO2S. The van der Waals surface area contributed by atoms with Gasteiger partial charge in [0, 0.05) is 18.3 Å². The van der Waals surface area contributed by atoms with E-state index < -0.39 is 10.3 Å². The molecule has 0 radical (unpaired) electrons. The van der Waals surface area contributed by atoms with Gasteiger partial charge in [-0.1, -0.05) is 48.9 Å². The Balaban J connectivity index is 1.79. The third-order valence-electron chi connectivity index (χ3n) is 5.29. The molecule has 1 N–H and O–H groups in total. The summed E-state index contributed by atoms with van der Waals surface area (Å²) >= 11 is 0. The Morgan fingerprint density at radius 1 is 1.00 bits per heavy atom. The van der Waals surface area contributed by atoms with Crippen LogP contribution in [-0.4, -0.2) is 41.7 Å². The number of nitrogens with zero attached hydrogens (tertiary/aromatic N) is 1. The van der Waals surface area contributed by atoms with Crippen LogP contribution in [0.5, 0.6) is 5.75 Å². The first kappa shape index (κ1) is 19.3. The molecule has 2 aromatic rings. The minimum atomic E-state index is -1.62. The fourth-order valence-corrected chi connectivity index (χ4v) is 7.20. The molecule has 1 aliphatic rings. The van der Waals surface area contributed by atoms with Gasteiger partial charge in [0.25, 0.3) is 0 Å². The zero-order valence-electron chi connectivity index (χ0n) is 15.9. The summed E-state index contributed by atoms with van der Waals surface area (Å²) in [5.74, 6) is 2.82. The highest BCUT2D eigenvalue weighted by molar-refractivity contribution is 8.29. The molecule has 0 saturated carbocycles. The highest BCUT2D eigenvalue weighted by Gasteiger charge is 2.34. The van der Waals surface area contributed by atoms with Crippen molar-refractivity contribution in [3.05, 3.63) is 65.7 Å². The molecule has 1 fully saturated rings. The Labute approximate surface area is 159 Å². The minimum Gasteiger partial charge on any atom is -0.497 e. The van der Waals surface area contributed by atoms with Gasteiger partial charge in [0.15, 0.2) is 0 Å². The largest absolute Gasteiger partial charge is 0.497 e. The molecular weight excluding hydrogens is 342 g/mol. The second-order valence-corrected chi connectivity index (χ2v) is 10.5. The molecule has 26 heavy (non-hydrogen) atoms. The second-order valence-electron chi connectivity index (χ2n) is 7.31. The van der Waals surface area contributed by atoms with Gasteiger partial charge in [0.2, 0.25) is 0 Å². The molecule has 142 valence electrons. The first-order chi connectivity index (χ1) is 12.6. The van der Waals surface area contributed by atoms with Crippen LogP contribution in [0, 0.1) is 0 Å². The van der Waals surface area contributed by atoms with Crippen LogP contribution in [0.2, 0.25) is 0 Å². The van der Waals surface area contributed by atoms with E-state index in [1.807, 2.05) is 12.1 Å². The van der Waals surface area contributed by atoms with Crippen LogP contribution in [0.25, 0.3) is 0 Å². The summed E-state index contributed by atoms with van der Waals surface area (Å²) in [6.07, 6.45) is 3.56. The summed E-state index contributed by atoms with van der Waals surface area (Å²) in [5.41, 5.74) is 2.55. The highest BCUT2D eigenvalue weighted by atomic mass is 32.3. The Bertz CT molecular complexity index is 668. The van der Waals surface area contributed by atoms with Crippen molar-refractivity contribution in [2.75, 3.05) is 32.2 Å². The molecule has 1 unspecified atom stereocenters. The van der Waals surface area contributed by atoms with Crippen molar-refractivity contribution in [2.24, 2.45) is 0 Å². The highest BCUT2D eigenvalue weighted by Crippen LogP contribution is 2.60. The van der Waals surface area contributed by atoms with E-state index in [4.69, 9.17) is 4.74 Å². The summed E-state index contributed by atoms with van der Waals surface area (Å²) < 4.78 is 16.9. The smallest absolute Gasteiger partial charge is 0.118 e. The van der Waals surface area contributed by atoms with Gasteiger partial charge in [-0.15, -0.1) is 10.3 Å². The molecule has 1 atom stereocenters. The van der Waals surface area contributed by atoms with Crippen LogP contribution in [-0.2, 0) is 6.54 Å². The molecule has 4 heteroatoms. The monoisotopic (exact) mass is 373 g/mol. The quantitative estimate of drug-likeness (QED) is 0.712. The topological polar surface area (TPSA) is 32.7 Å². The van der Waals surface area contributed by atoms with E-state index in [0.29, 0.717) is 0 Å². The molecule has 0 aromatic heterocycles.